The molecular formula is C24H24FN5. The average Bonchev–Trinajstić information content (AvgIpc) is 3.17. The fraction of sp³-hybridized carbons (Fsp3) is 0.208. The number of aromatic nitrogens is 2. The van der Waals surface area contributed by atoms with Gasteiger partial charge in [-0.25, -0.2) is 4.98 Å². The minimum absolute atomic E-state index is 0.175. The number of nitrogens with one attached hydrogen (secondary N) is 1. The standard InChI is InChI=1S/C24H24FN5/c25-24-20(7-8-23(27)29-24)21-14-28-22-13-16(3-6-19(21)22)15-1-4-18(5-2-15)30-11-9-17(26)10-12-30/h1-8,13-14,17,28H,9-12,26H2,(H2,27,29). The number of nitrogen functional groups attached to an aromatic ring is 1. The molecule has 3 heterocycles. The second-order valence-electron chi connectivity index (χ2n) is 7.91. The molecule has 1 aliphatic heterocycles. The maximum atomic E-state index is 14.3. The normalized spacial score (nSPS) is 15.1. The molecule has 0 aliphatic carbocycles. The van der Waals surface area contributed by atoms with Gasteiger partial charge in [0.1, 0.15) is 5.82 Å². The zero-order valence-corrected chi connectivity index (χ0v) is 16.6. The SMILES string of the molecule is Nc1ccc(-c2c[nH]c3cc(-c4ccc(N5CCC(N)CC5)cc4)ccc23)c(F)n1. The first-order valence-corrected chi connectivity index (χ1v) is 10.2. The Morgan fingerprint density at radius 1 is 0.933 bits per heavy atom. The van der Waals surface area contributed by atoms with Crippen molar-refractivity contribution in [1.29, 1.82) is 0 Å². The molecule has 0 radical (unpaired) electrons. The van der Waals surface area contributed by atoms with E-state index in [1.165, 1.54) is 5.69 Å². The first-order chi connectivity index (χ1) is 14.6. The van der Waals surface area contributed by atoms with E-state index in [1.807, 2.05) is 12.3 Å². The quantitative estimate of drug-likeness (QED) is 0.440. The zero-order chi connectivity index (χ0) is 20.7. The van der Waals surface area contributed by atoms with Crippen molar-refractivity contribution in [2.45, 2.75) is 18.9 Å². The van der Waals surface area contributed by atoms with Crippen LogP contribution < -0.4 is 16.4 Å². The summed E-state index contributed by atoms with van der Waals surface area (Å²) in [6.07, 6.45) is 3.89. The van der Waals surface area contributed by atoms with Crippen LogP contribution in [0.5, 0.6) is 0 Å². The number of anilines is 2. The number of fused-ring (bicyclic) bond motifs is 1. The topological polar surface area (TPSA) is 84.0 Å². The number of aromatic amines is 1. The van der Waals surface area contributed by atoms with Crippen molar-refractivity contribution in [2.75, 3.05) is 23.7 Å². The Bertz CT molecular complexity index is 1190. The maximum absolute atomic E-state index is 14.3. The Balaban J connectivity index is 1.43. The number of benzene rings is 2. The van der Waals surface area contributed by atoms with Crippen LogP contribution in [-0.4, -0.2) is 29.1 Å². The van der Waals surface area contributed by atoms with Crippen molar-refractivity contribution in [2.24, 2.45) is 5.73 Å². The highest BCUT2D eigenvalue weighted by atomic mass is 19.1. The summed E-state index contributed by atoms with van der Waals surface area (Å²) >= 11 is 0. The van der Waals surface area contributed by atoms with Crippen LogP contribution in [-0.2, 0) is 0 Å². The van der Waals surface area contributed by atoms with E-state index in [0.29, 0.717) is 11.6 Å². The Morgan fingerprint density at radius 2 is 1.67 bits per heavy atom. The average molecular weight is 401 g/mol. The van der Waals surface area contributed by atoms with Gasteiger partial charge in [0.25, 0.3) is 0 Å². The van der Waals surface area contributed by atoms with E-state index in [9.17, 15) is 4.39 Å². The summed E-state index contributed by atoms with van der Waals surface area (Å²) in [4.78, 5) is 9.39. The van der Waals surface area contributed by atoms with Gasteiger partial charge in [-0.3, -0.25) is 0 Å². The van der Waals surface area contributed by atoms with Gasteiger partial charge in [0.15, 0.2) is 0 Å². The first-order valence-electron chi connectivity index (χ1n) is 10.2. The van der Waals surface area contributed by atoms with E-state index in [4.69, 9.17) is 11.5 Å². The van der Waals surface area contributed by atoms with Crippen LogP contribution in [0, 0.1) is 5.95 Å². The zero-order valence-electron chi connectivity index (χ0n) is 16.6. The van der Waals surface area contributed by atoms with Gasteiger partial charge in [-0.15, -0.1) is 0 Å². The van der Waals surface area contributed by atoms with E-state index in [1.54, 1.807) is 12.1 Å². The van der Waals surface area contributed by atoms with Gasteiger partial charge in [0, 0.05) is 53.0 Å². The summed E-state index contributed by atoms with van der Waals surface area (Å²) in [5.41, 5.74) is 17.2. The van der Waals surface area contributed by atoms with Crippen molar-refractivity contribution < 1.29 is 4.39 Å². The van der Waals surface area contributed by atoms with Crippen LogP contribution in [0.3, 0.4) is 0 Å². The number of halogens is 1. The molecule has 1 aliphatic rings. The Labute approximate surface area is 174 Å². The lowest BCUT2D eigenvalue weighted by Crippen LogP contribution is -2.39. The molecule has 6 heteroatoms. The molecule has 0 bridgehead atoms. The van der Waals surface area contributed by atoms with Crippen molar-refractivity contribution in [3.63, 3.8) is 0 Å². The van der Waals surface area contributed by atoms with E-state index >= 15 is 0 Å². The summed E-state index contributed by atoms with van der Waals surface area (Å²) in [6.45, 7) is 2.02. The van der Waals surface area contributed by atoms with Crippen LogP contribution in [0.4, 0.5) is 15.9 Å². The summed E-state index contributed by atoms with van der Waals surface area (Å²) in [5.74, 6) is -0.386. The second-order valence-corrected chi connectivity index (χ2v) is 7.91. The molecule has 5 N–H and O–H groups in total. The smallest absolute Gasteiger partial charge is 0.222 e. The molecular weight excluding hydrogens is 377 g/mol. The highest BCUT2D eigenvalue weighted by molar-refractivity contribution is 5.97. The molecule has 0 unspecified atom stereocenters. The predicted molar refractivity (Wildman–Crippen MR) is 121 cm³/mol. The number of pyridine rings is 1. The van der Waals surface area contributed by atoms with E-state index < -0.39 is 5.95 Å². The molecule has 152 valence electrons. The lowest BCUT2D eigenvalue weighted by atomic mass is 10.0. The number of H-pyrrole nitrogens is 1. The molecule has 4 aromatic rings. The molecule has 0 spiro atoms. The van der Waals surface area contributed by atoms with Gasteiger partial charge in [0.05, 0.1) is 0 Å². The largest absolute Gasteiger partial charge is 0.384 e. The van der Waals surface area contributed by atoms with Gasteiger partial charge >= 0.3 is 0 Å². The van der Waals surface area contributed by atoms with Gasteiger partial charge < -0.3 is 21.4 Å². The number of piperidine rings is 1. The van der Waals surface area contributed by atoms with Crippen molar-refractivity contribution in [3.8, 4) is 22.3 Å². The van der Waals surface area contributed by atoms with Gasteiger partial charge in [-0.05, 0) is 54.3 Å². The Morgan fingerprint density at radius 3 is 2.40 bits per heavy atom. The lowest BCUT2D eigenvalue weighted by molar-refractivity contribution is 0.501. The van der Waals surface area contributed by atoms with Gasteiger partial charge in [0.2, 0.25) is 5.95 Å². The van der Waals surface area contributed by atoms with Crippen LogP contribution in [0.25, 0.3) is 33.2 Å². The number of nitrogens with two attached hydrogens (primary N) is 2. The van der Waals surface area contributed by atoms with Crippen LogP contribution >= 0.6 is 0 Å². The third kappa shape index (κ3) is 3.39. The summed E-state index contributed by atoms with van der Waals surface area (Å²) in [7, 11) is 0. The molecule has 2 aromatic carbocycles. The minimum Gasteiger partial charge on any atom is -0.384 e. The number of rotatable bonds is 3. The summed E-state index contributed by atoms with van der Waals surface area (Å²) < 4.78 is 14.3. The second kappa shape index (κ2) is 7.46. The monoisotopic (exact) mass is 401 g/mol. The molecule has 5 rings (SSSR count). The van der Waals surface area contributed by atoms with E-state index in [2.05, 4.69) is 51.3 Å². The molecule has 0 atom stereocenters. The highest BCUT2D eigenvalue weighted by Crippen LogP contribution is 2.33. The van der Waals surface area contributed by atoms with Crippen LogP contribution in [0.15, 0.2) is 60.8 Å². The minimum atomic E-state index is -0.561. The molecule has 1 saturated heterocycles. The Kier molecular flexibility index (Phi) is 4.64. The summed E-state index contributed by atoms with van der Waals surface area (Å²) in [6, 6.07) is 18.4. The third-order valence-electron chi connectivity index (χ3n) is 5.95. The fourth-order valence-electron chi connectivity index (χ4n) is 4.20. The molecule has 2 aromatic heterocycles. The number of hydrogen-bond donors (Lipinski definition) is 3. The Hall–Kier alpha value is -3.38. The molecule has 1 fully saturated rings. The number of hydrogen-bond acceptors (Lipinski definition) is 4. The van der Waals surface area contributed by atoms with Crippen molar-refractivity contribution in [1.82, 2.24) is 9.97 Å². The highest BCUT2D eigenvalue weighted by Gasteiger charge is 2.16. The van der Waals surface area contributed by atoms with Crippen molar-refractivity contribution in [3.05, 3.63) is 66.7 Å². The summed E-state index contributed by atoms with van der Waals surface area (Å²) in [5, 5.41) is 0.950. The van der Waals surface area contributed by atoms with Crippen LogP contribution in [0.1, 0.15) is 12.8 Å². The first kappa shape index (κ1) is 18.6. The molecule has 5 nitrogen and oxygen atoms in total. The fourth-order valence-corrected chi connectivity index (χ4v) is 4.20. The molecule has 30 heavy (non-hydrogen) atoms. The lowest BCUT2D eigenvalue weighted by Gasteiger charge is -2.32. The van der Waals surface area contributed by atoms with E-state index in [-0.39, 0.29) is 5.82 Å². The van der Waals surface area contributed by atoms with Crippen LogP contribution in [0.2, 0.25) is 0 Å². The maximum Gasteiger partial charge on any atom is 0.222 e. The van der Waals surface area contributed by atoms with Gasteiger partial charge in [-0.1, -0.05) is 24.3 Å². The molecule has 0 amide bonds. The number of nitrogens with zero attached hydrogens (tertiary/aromatic N) is 2. The van der Waals surface area contributed by atoms with Crippen molar-refractivity contribution >= 4 is 22.4 Å². The predicted octanol–water partition coefficient (Wildman–Crippen LogP) is 4.55. The van der Waals surface area contributed by atoms with Gasteiger partial charge in [-0.2, -0.15) is 4.39 Å². The van der Waals surface area contributed by atoms with E-state index in [0.717, 1.165) is 53.5 Å². The molecule has 0 saturated carbocycles. The third-order valence-corrected chi connectivity index (χ3v) is 5.95.